The summed E-state index contributed by atoms with van der Waals surface area (Å²) in [5, 5.41) is 2.64. The molecule has 0 saturated carbocycles. The number of hydrogen-bond donors (Lipinski definition) is 1. The van der Waals surface area contributed by atoms with E-state index in [1.165, 1.54) is 6.07 Å². The third kappa shape index (κ3) is 1.49. The number of aromatic nitrogens is 2. The Labute approximate surface area is 81.9 Å². The van der Waals surface area contributed by atoms with Crippen molar-refractivity contribution in [3.05, 3.63) is 17.5 Å². The Balaban J connectivity index is 2.81. The molecule has 0 radical (unpaired) electrons. The van der Waals surface area contributed by atoms with E-state index in [0.29, 0.717) is 5.69 Å². The van der Waals surface area contributed by atoms with E-state index in [-0.39, 0.29) is 16.8 Å². The lowest BCUT2D eigenvalue weighted by molar-refractivity contribution is -0.141. The number of aryl methyl sites for hydroxylation is 1. The third-order valence-electron chi connectivity index (χ3n) is 1.87. The Kier molecular flexibility index (Phi) is 1.85. The van der Waals surface area contributed by atoms with E-state index in [0.717, 1.165) is 0 Å². The molecule has 0 aliphatic heterocycles. The maximum absolute atomic E-state index is 12.4. The van der Waals surface area contributed by atoms with E-state index >= 15 is 0 Å². The highest BCUT2D eigenvalue weighted by Gasteiger charge is 2.38. The van der Waals surface area contributed by atoms with Gasteiger partial charge in [-0.3, -0.25) is 0 Å². The Bertz CT molecular complexity index is 518. The maximum atomic E-state index is 12.4. The van der Waals surface area contributed by atoms with Crippen LogP contribution in [-0.2, 0) is 6.18 Å². The van der Waals surface area contributed by atoms with Crippen molar-refractivity contribution in [3.63, 3.8) is 0 Å². The smallest absolute Gasteiger partial charge is 0.398 e. The molecule has 0 aliphatic rings. The number of nitrogen functional groups attached to an aromatic ring is 1. The Hall–Kier alpha value is -1.79. The minimum atomic E-state index is -4.59. The molecule has 4 nitrogen and oxygen atoms in total. The first-order chi connectivity index (χ1) is 6.89. The van der Waals surface area contributed by atoms with Gasteiger partial charge in [0, 0.05) is 11.4 Å². The number of fused-ring (bicyclic) bond motifs is 1. The van der Waals surface area contributed by atoms with Gasteiger partial charge in [-0.05, 0) is 13.0 Å². The number of anilines is 1. The van der Waals surface area contributed by atoms with E-state index in [4.69, 9.17) is 5.73 Å². The summed E-state index contributed by atoms with van der Waals surface area (Å²) in [6.45, 7) is 1.60. The van der Waals surface area contributed by atoms with Crippen molar-refractivity contribution in [2.45, 2.75) is 13.1 Å². The predicted octanol–water partition coefficient (Wildman–Crippen LogP) is 2.13. The van der Waals surface area contributed by atoms with Gasteiger partial charge in [-0.2, -0.15) is 13.2 Å². The maximum Gasteiger partial charge on any atom is 0.437 e. The molecule has 0 aliphatic carbocycles. The van der Waals surface area contributed by atoms with Crippen LogP contribution >= 0.6 is 0 Å². The molecule has 2 aromatic heterocycles. The molecule has 0 fully saturated rings. The average Bonchev–Trinajstić information content (AvgIpc) is 2.45. The molecule has 0 aromatic carbocycles. The van der Waals surface area contributed by atoms with Crippen LogP contribution in [-0.4, -0.2) is 10.1 Å². The first kappa shape index (κ1) is 9.75. The molecule has 2 heterocycles. The van der Waals surface area contributed by atoms with Gasteiger partial charge in [0.1, 0.15) is 0 Å². The molecular formula is C8H6F3N3O. The molecule has 0 unspecified atom stereocenters. The highest BCUT2D eigenvalue weighted by atomic mass is 19.4. The summed E-state index contributed by atoms with van der Waals surface area (Å²) in [4.78, 5) is 3.76. The van der Waals surface area contributed by atoms with Crippen LogP contribution in [0.1, 0.15) is 11.4 Å². The van der Waals surface area contributed by atoms with Gasteiger partial charge in [-0.25, -0.2) is 4.98 Å². The Morgan fingerprint density at radius 3 is 2.67 bits per heavy atom. The van der Waals surface area contributed by atoms with Crippen LogP contribution in [0.4, 0.5) is 18.9 Å². The van der Waals surface area contributed by atoms with Crippen LogP contribution in [0, 0.1) is 6.92 Å². The quantitative estimate of drug-likeness (QED) is 0.734. The van der Waals surface area contributed by atoms with Crippen LogP contribution in [0.25, 0.3) is 11.1 Å². The zero-order chi connectivity index (χ0) is 11.2. The van der Waals surface area contributed by atoms with Gasteiger partial charge in [0.2, 0.25) is 0 Å². The molecule has 2 N–H and O–H groups in total. The summed E-state index contributed by atoms with van der Waals surface area (Å²) < 4.78 is 41.8. The summed E-state index contributed by atoms with van der Waals surface area (Å²) in [6.07, 6.45) is -4.59. The lowest BCUT2D eigenvalue weighted by Gasteiger charge is -2.02. The van der Waals surface area contributed by atoms with Crippen molar-refractivity contribution in [3.8, 4) is 0 Å². The summed E-state index contributed by atoms with van der Waals surface area (Å²) in [5.41, 5.74) is 4.57. The van der Waals surface area contributed by atoms with Crippen LogP contribution in [0.15, 0.2) is 10.6 Å². The Morgan fingerprint density at radius 1 is 1.40 bits per heavy atom. The van der Waals surface area contributed by atoms with Gasteiger partial charge in [0.25, 0.3) is 5.71 Å². The van der Waals surface area contributed by atoms with E-state index in [1.807, 2.05) is 0 Å². The number of nitrogens with zero attached hydrogens (tertiary/aromatic N) is 2. The topological polar surface area (TPSA) is 64.9 Å². The highest BCUT2D eigenvalue weighted by molar-refractivity contribution is 5.89. The molecule has 0 amide bonds. The summed E-state index contributed by atoms with van der Waals surface area (Å²) in [7, 11) is 0. The standard InChI is InChI=1S/C8H6F3N3O/c1-3-2-4(12)5-6(8(9,10)11)14-15-7(5)13-3/h2H,1H3,(H2,12,13). The minimum Gasteiger partial charge on any atom is -0.398 e. The molecule has 0 saturated heterocycles. The lowest BCUT2D eigenvalue weighted by atomic mass is 10.2. The molecule has 0 atom stereocenters. The van der Waals surface area contributed by atoms with Gasteiger partial charge in [0.05, 0.1) is 5.39 Å². The molecular weight excluding hydrogens is 211 g/mol. The number of alkyl halides is 3. The van der Waals surface area contributed by atoms with Crippen LogP contribution in [0.2, 0.25) is 0 Å². The molecule has 0 spiro atoms. The summed E-state index contributed by atoms with van der Waals surface area (Å²) in [5.74, 6) is 0. The third-order valence-corrected chi connectivity index (χ3v) is 1.87. The molecule has 7 heteroatoms. The average molecular weight is 217 g/mol. The number of pyridine rings is 1. The van der Waals surface area contributed by atoms with Gasteiger partial charge in [-0.1, -0.05) is 5.16 Å². The van der Waals surface area contributed by atoms with Crippen molar-refractivity contribution in [2.24, 2.45) is 0 Å². The van der Waals surface area contributed by atoms with Crippen molar-refractivity contribution in [1.82, 2.24) is 10.1 Å². The van der Waals surface area contributed by atoms with E-state index in [2.05, 4.69) is 14.7 Å². The fourth-order valence-corrected chi connectivity index (χ4v) is 1.30. The summed E-state index contributed by atoms with van der Waals surface area (Å²) >= 11 is 0. The number of rotatable bonds is 0. The number of nitrogens with two attached hydrogens (primary N) is 1. The first-order valence-corrected chi connectivity index (χ1v) is 3.99. The first-order valence-electron chi connectivity index (χ1n) is 3.99. The van der Waals surface area contributed by atoms with E-state index in [9.17, 15) is 13.2 Å². The SMILES string of the molecule is Cc1cc(N)c2c(C(F)(F)F)noc2n1. The number of hydrogen-bond acceptors (Lipinski definition) is 4. The predicted molar refractivity (Wildman–Crippen MR) is 46.0 cm³/mol. The van der Waals surface area contributed by atoms with Crippen LogP contribution in [0.3, 0.4) is 0 Å². The molecule has 2 aromatic rings. The monoisotopic (exact) mass is 217 g/mol. The van der Waals surface area contributed by atoms with Crippen molar-refractivity contribution in [2.75, 3.05) is 5.73 Å². The van der Waals surface area contributed by atoms with Gasteiger partial charge >= 0.3 is 6.18 Å². The summed E-state index contributed by atoms with van der Waals surface area (Å²) in [6, 6.07) is 1.34. The van der Waals surface area contributed by atoms with Crippen molar-refractivity contribution < 1.29 is 17.7 Å². The zero-order valence-corrected chi connectivity index (χ0v) is 7.59. The molecule has 80 valence electrons. The zero-order valence-electron chi connectivity index (χ0n) is 7.59. The fourth-order valence-electron chi connectivity index (χ4n) is 1.30. The second-order valence-electron chi connectivity index (χ2n) is 3.06. The van der Waals surface area contributed by atoms with Crippen LogP contribution in [0.5, 0.6) is 0 Å². The molecule has 2 rings (SSSR count). The lowest BCUT2D eigenvalue weighted by Crippen LogP contribution is -2.06. The van der Waals surface area contributed by atoms with E-state index < -0.39 is 11.9 Å². The van der Waals surface area contributed by atoms with Gasteiger partial charge < -0.3 is 10.3 Å². The van der Waals surface area contributed by atoms with Crippen LogP contribution < -0.4 is 5.73 Å². The fraction of sp³-hybridized carbons (Fsp3) is 0.250. The van der Waals surface area contributed by atoms with Crippen molar-refractivity contribution >= 4 is 16.8 Å². The van der Waals surface area contributed by atoms with E-state index in [1.54, 1.807) is 6.92 Å². The second-order valence-corrected chi connectivity index (χ2v) is 3.06. The second kappa shape index (κ2) is 2.85. The normalized spacial score (nSPS) is 12.3. The largest absolute Gasteiger partial charge is 0.437 e. The number of halogens is 3. The Morgan fingerprint density at radius 2 is 2.07 bits per heavy atom. The molecule has 0 bridgehead atoms. The van der Waals surface area contributed by atoms with Gasteiger partial charge in [0.15, 0.2) is 5.69 Å². The molecule has 15 heavy (non-hydrogen) atoms. The minimum absolute atomic E-state index is 0.0360. The highest BCUT2D eigenvalue weighted by Crippen LogP contribution is 2.36. The van der Waals surface area contributed by atoms with Crippen molar-refractivity contribution in [1.29, 1.82) is 0 Å². The van der Waals surface area contributed by atoms with Gasteiger partial charge in [-0.15, -0.1) is 0 Å².